The molecule has 0 radical (unpaired) electrons. The summed E-state index contributed by atoms with van der Waals surface area (Å²) in [5, 5.41) is 2.69. The van der Waals surface area contributed by atoms with Crippen LogP contribution in [0.3, 0.4) is 0 Å². The molecule has 0 fully saturated rings. The van der Waals surface area contributed by atoms with E-state index in [2.05, 4.69) is 25.1 Å². The lowest BCUT2D eigenvalue weighted by Gasteiger charge is -2.16. The Morgan fingerprint density at radius 2 is 1.58 bits per heavy atom. The van der Waals surface area contributed by atoms with Crippen molar-refractivity contribution in [2.24, 2.45) is 0 Å². The molecule has 0 aliphatic rings. The highest BCUT2D eigenvalue weighted by Crippen LogP contribution is 2.20. The topological polar surface area (TPSA) is 47.6 Å². The van der Waals surface area contributed by atoms with Crippen LogP contribution in [-0.4, -0.2) is 11.8 Å². The van der Waals surface area contributed by atoms with Gasteiger partial charge in [0.25, 0.3) is 0 Å². The summed E-state index contributed by atoms with van der Waals surface area (Å²) in [7, 11) is 0. The summed E-state index contributed by atoms with van der Waals surface area (Å²) in [6.07, 6.45) is 11.5. The SMILES string of the molecule is C=C/C=C\C(O/C(C=C)=C(/C=C\C)NC(=O)CCl)=C(/C=C)OCc1ccccc1.CC.CC. The van der Waals surface area contributed by atoms with E-state index in [0.29, 0.717) is 29.6 Å². The van der Waals surface area contributed by atoms with E-state index in [9.17, 15) is 4.79 Å². The van der Waals surface area contributed by atoms with E-state index in [4.69, 9.17) is 21.1 Å². The molecule has 1 aromatic carbocycles. The van der Waals surface area contributed by atoms with E-state index in [1.165, 1.54) is 6.08 Å². The minimum Gasteiger partial charge on any atom is -0.485 e. The van der Waals surface area contributed by atoms with E-state index in [0.717, 1.165) is 5.56 Å². The number of ether oxygens (including phenoxy) is 2. The number of halogens is 1. The van der Waals surface area contributed by atoms with Gasteiger partial charge in [0.05, 0.1) is 5.70 Å². The molecule has 5 heteroatoms. The second-order valence-corrected chi connectivity index (χ2v) is 5.83. The van der Waals surface area contributed by atoms with Gasteiger partial charge in [-0.2, -0.15) is 0 Å². The highest BCUT2D eigenvalue weighted by atomic mass is 35.5. The fourth-order valence-corrected chi connectivity index (χ4v) is 2.22. The van der Waals surface area contributed by atoms with Crippen molar-refractivity contribution in [1.29, 1.82) is 0 Å². The number of carbonyl (C=O) groups excluding carboxylic acids is 1. The quantitative estimate of drug-likeness (QED) is 0.192. The number of alkyl halides is 1. The van der Waals surface area contributed by atoms with Gasteiger partial charge in [-0.3, -0.25) is 4.79 Å². The third-order valence-electron chi connectivity index (χ3n) is 3.45. The second-order valence-electron chi connectivity index (χ2n) is 5.57. The monoisotopic (exact) mass is 471 g/mol. The molecule has 0 bridgehead atoms. The first-order chi connectivity index (χ1) is 16.1. The van der Waals surface area contributed by atoms with E-state index >= 15 is 0 Å². The Morgan fingerprint density at radius 3 is 2.06 bits per heavy atom. The maximum Gasteiger partial charge on any atom is 0.239 e. The number of allylic oxidation sites excluding steroid dienone is 7. The predicted molar refractivity (Wildman–Crippen MR) is 142 cm³/mol. The molecule has 0 saturated carbocycles. The molecule has 1 aromatic rings. The van der Waals surface area contributed by atoms with Crippen LogP contribution in [0.2, 0.25) is 0 Å². The first kappa shape index (κ1) is 31.9. The Hall–Kier alpha value is -3.24. The van der Waals surface area contributed by atoms with E-state index in [1.807, 2.05) is 65.0 Å². The van der Waals surface area contributed by atoms with Gasteiger partial charge in [0.2, 0.25) is 5.91 Å². The van der Waals surface area contributed by atoms with Crippen LogP contribution < -0.4 is 5.32 Å². The number of rotatable bonds is 12. The summed E-state index contributed by atoms with van der Waals surface area (Å²) in [6.45, 7) is 21.4. The molecule has 0 aliphatic heterocycles. The highest BCUT2D eigenvalue weighted by molar-refractivity contribution is 6.27. The van der Waals surface area contributed by atoms with Crippen LogP contribution in [0, 0.1) is 0 Å². The Morgan fingerprint density at radius 1 is 0.970 bits per heavy atom. The van der Waals surface area contributed by atoms with Crippen molar-refractivity contribution >= 4 is 17.5 Å². The minimum atomic E-state index is -0.362. The van der Waals surface area contributed by atoms with Gasteiger partial charge in [0, 0.05) is 0 Å². The van der Waals surface area contributed by atoms with Crippen LogP contribution in [0.5, 0.6) is 0 Å². The van der Waals surface area contributed by atoms with Gasteiger partial charge in [-0.15, -0.1) is 11.6 Å². The zero-order valence-electron chi connectivity index (χ0n) is 20.6. The first-order valence-electron chi connectivity index (χ1n) is 10.9. The normalized spacial score (nSPS) is 11.6. The standard InChI is InChI=1S/C24H26ClNO3.2C2H6/c1-5-9-16-23(22(8-4)28-18-19-14-11-10-12-15-19)29-21(7-3)20(13-6-2)26-24(27)17-25;2*1-2/h5-16H,1,3-4,17-18H2,2H3,(H,26,27);2*1-2H3/b13-6-,16-9-,21-20-,23-22-;;. The molecule has 0 atom stereocenters. The van der Waals surface area contributed by atoms with Crippen LogP contribution in [-0.2, 0) is 20.9 Å². The number of hydrogen-bond acceptors (Lipinski definition) is 3. The van der Waals surface area contributed by atoms with E-state index in [1.54, 1.807) is 36.5 Å². The van der Waals surface area contributed by atoms with Gasteiger partial charge in [-0.05, 0) is 36.8 Å². The molecule has 33 heavy (non-hydrogen) atoms. The lowest BCUT2D eigenvalue weighted by molar-refractivity contribution is -0.117. The molecule has 0 saturated heterocycles. The largest absolute Gasteiger partial charge is 0.485 e. The minimum absolute atomic E-state index is 0.178. The third-order valence-corrected chi connectivity index (χ3v) is 3.69. The lowest BCUT2D eigenvalue weighted by atomic mass is 10.2. The number of amides is 1. The fraction of sp³-hybridized carbons (Fsp3) is 0.250. The summed E-state index contributed by atoms with van der Waals surface area (Å²) in [5.74, 6) is 0.595. The Balaban J connectivity index is 0. The number of benzene rings is 1. The molecule has 0 spiro atoms. The van der Waals surface area contributed by atoms with Crippen LogP contribution in [0.15, 0.2) is 116 Å². The fourth-order valence-electron chi connectivity index (χ4n) is 2.15. The van der Waals surface area contributed by atoms with E-state index < -0.39 is 0 Å². The van der Waals surface area contributed by atoms with Gasteiger partial charge in [0.1, 0.15) is 12.5 Å². The lowest BCUT2D eigenvalue weighted by Crippen LogP contribution is -2.24. The van der Waals surface area contributed by atoms with Crippen molar-refractivity contribution < 1.29 is 14.3 Å². The maximum absolute atomic E-state index is 11.7. The zero-order valence-corrected chi connectivity index (χ0v) is 21.3. The highest BCUT2D eigenvalue weighted by Gasteiger charge is 2.12. The van der Waals surface area contributed by atoms with Gasteiger partial charge in [-0.1, -0.05) is 96.0 Å². The Bertz CT molecular complexity index is 834. The first-order valence-corrected chi connectivity index (χ1v) is 11.5. The number of hydrogen-bond donors (Lipinski definition) is 1. The second kappa shape index (κ2) is 22.0. The summed E-state index contributed by atoms with van der Waals surface area (Å²) >= 11 is 5.60. The summed E-state index contributed by atoms with van der Waals surface area (Å²) in [5.41, 5.74) is 1.42. The van der Waals surface area contributed by atoms with E-state index in [-0.39, 0.29) is 11.8 Å². The molecule has 4 nitrogen and oxygen atoms in total. The molecule has 0 unspecified atom stereocenters. The van der Waals surface area contributed by atoms with Crippen LogP contribution in [0.4, 0.5) is 0 Å². The molecule has 1 rings (SSSR count). The Kier molecular flexibility index (Phi) is 21.3. The number of carbonyl (C=O) groups is 1. The molecule has 180 valence electrons. The third kappa shape index (κ3) is 13.7. The van der Waals surface area contributed by atoms with Crippen molar-refractivity contribution in [2.45, 2.75) is 41.2 Å². The van der Waals surface area contributed by atoms with Crippen molar-refractivity contribution in [2.75, 3.05) is 5.88 Å². The average molecular weight is 472 g/mol. The van der Waals surface area contributed by atoms with Crippen molar-refractivity contribution in [1.82, 2.24) is 5.32 Å². The zero-order chi connectivity index (χ0) is 25.5. The molecular formula is C28H38ClNO3. The summed E-state index contributed by atoms with van der Waals surface area (Å²) < 4.78 is 11.9. The van der Waals surface area contributed by atoms with Crippen molar-refractivity contribution in [3.05, 3.63) is 121 Å². The van der Waals surface area contributed by atoms with Crippen molar-refractivity contribution in [3.63, 3.8) is 0 Å². The average Bonchev–Trinajstić information content (AvgIpc) is 2.88. The van der Waals surface area contributed by atoms with Crippen LogP contribution >= 0.6 is 11.6 Å². The van der Waals surface area contributed by atoms with Crippen LogP contribution in [0.25, 0.3) is 0 Å². The van der Waals surface area contributed by atoms with Crippen LogP contribution in [0.1, 0.15) is 40.2 Å². The molecule has 0 aromatic heterocycles. The summed E-state index contributed by atoms with van der Waals surface area (Å²) in [4.78, 5) is 11.7. The number of nitrogens with one attached hydrogen (secondary N) is 1. The van der Waals surface area contributed by atoms with Gasteiger partial charge in [-0.25, -0.2) is 0 Å². The molecule has 1 N–H and O–H groups in total. The van der Waals surface area contributed by atoms with Gasteiger partial charge < -0.3 is 14.8 Å². The van der Waals surface area contributed by atoms with Gasteiger partial charge >= 0.3 is 0 Å². The molecular weight excluding hydrogens is 434 g/mol. The smallest absolute Gasteiger partial charge is 0.239 e. The molecule has 1 amide bonds. The molecule has 0 aliphatic carbocycles. The predicted octanol–water partition coefficient (Wildman–Crippen LogP) is 7.74. The van der Waals surface area contributed by atoms with Crippen molar-refractivity contribution in [3.8, 4) is 0 Å². The summed E-state index contributed by atoms with van der Waals surface area (Å²) in [6, 6.07) is 9.73. The van der Waals surface area contributed by atoms with Gasteiger partial charge in [0.15, 0.2) is 17.3 Å². The molecule has 0 heterocycles. The Labute approximate surface area is 205 Å². The maximum atomic E-state index is 11.7.